The van der Waals surface area contributed by atoms with Crippen LogP contribution in [0.2, 0.25) is 0 Å². The Hall–Kier alpha value is -2.23. The Morgan fingerprint density at radius 3 is 1.85 bits per heavy atom. The van der Waals surface area contributed by atoms with Crippen LogP contribution in [-0.2, 0) is 27.5 Å². The van der Waals surface area contributed by atoms with E-state index < -0.39 is 0 Å². The average molecular weight is 350 g/mol. The van der Waals surface area contributed by atoms with Gasteiger partial charge < -0.3 is 14.3 Å². The van der Waals surface area contributed by atoms with Gasteiger partial charge in [-0.25, -0.2) is 0 Å². The van der Waals surface area contributed by atoms with Crippen molar-refractivity contribution in [3.63, 3.8) is 0 Å². The van der Waals surface area contributed by atoms with Crippen LogP contribution in [0.3, 0.4) is 0 Å². The zero-order chi connectivity index (χ0) is 18.0. The third-order valence-corrected chi connectivity index (χ3v) is 4.92. The van der Waals surface area contributed by atoms with Crippen molar-refractivity contribution in [2.45, 2.75) is 19.6 Å². The number of hydrogen-bond donors (Lipinski definition) is 0. The number of rotatable bonds is 10. The number of carbonyl (C=O) groups is 1. The Kier molecular flexibility index (Phi) is 7.17. The van der Waals surface area contributed by atoms with E-state index in [1.54, 1.807) is 0 Å². The molecule has 0 unspecified atom stereocenters. The molecule has 0 aromatic heterocycles. The summed E-state index contributed by atoms with van der Waals surface area (Å²) in [6.07, 6.45) is 5.90. The number of aldehydes is 1. The van der Waals surface area contributed by atoms with Crippen molar-refractivity contribution in [3.8, 4) is 0 Å². The summed E-state index contributed by atoms with van der Waals surface area (Å²) in [4.78, 5) is 11.0. The van der Waals surface area contributed by atoms with Crippen molar-refractivity contribution in [2.24, 2.45) is 17.8 Å². The van der Waals surface area contributed by atoms with Crippen LogP contribution in [0.5, 0.6) is 0 Å². The zero-order valence-corrected chi connectivity index (χ0v) is 15.0. The lowest BCUT2D eigenvalue weighted by Crippen LogP contribution is -2.25. The summed E-state index contributed by atoms with van der Waals surface area (Å²) in [5.74, 6) is 0.827. The van der Waals surface area contributed by atoms with Crippen LogP contribution in [-0.4, -0.2) is 19.5 Å². The van der Waals surface area contributed by atoms with Crippen LogP contribution in [0.25, 0.3) is 0 Å². The first-order valence-corrected chi connectivity index (χ1v) is 9.22. The van der Waals surface area contributed by atoms with Gasteiger partial charge in [0.05, 0.1) is 26.4 Å². The van der Waals surface area contributed by atoms with Crippen molar-refractivity contribution in [1.82, 2.24) is 0 Å². The van der Waals surface area contributed by atoms with Gasteiger partial charge in [-0.05, 0) is 23.0 Å². The number of carbonyl (C=O) groups excluding carboxylic acids is 1. The number of hydrogen-bond acceptors (Lipinski definition) is 3. The molecular formula is C23H26O3. The molecule has 3 nitrogen and oxygen atoms in total. The Balaban J connectivity index is 1.50. The van der Waals surface area contributed by atoms with E-state index in [2.05, 4.69) is 36.4 Å². The molecule has 3 heteroatoms. The molecule has 0 aliphatic heterocycles. The molecule has 0 fully saturated rings. The molecule has 0 spiro atoms. The molecule has 2 aromatic rings. The minimum atomic E-state index is 0.244. The third kappa shape index (κ3) is 5.38. The van der Waals surface area contributed by atoms with E-state index in [0.717, 1.165) is 6.29 Å². The summed E-state index contributed by atoms with van der Waals surface area (Å²) in [6, 6.07) is 20.4. The molecular weight excluding hydrogens is 324 g/mol. The molecule has 0 amide bonds. The van der Waals surface area contributed by atoms with Crippen LogP contribution in [0.4, 0.5) is 0 Å². The second-order valence-electron chi connectivity index (χ2n) is 6.78. The molecule has 2 aromatic carbocycles. The Morgan fingerprint density at radius 2 is 1.27 bits per heavy atom. The largest absolute Gasteiger partial charge is 0.376 e. The maximum absolute atomic E-state index is 11.0. The van der Waals surface area contributed by atoms with Gasteiger partial charge in [0.1, 0.15) is 6.29 Å². The lowest BCUT2D eigenvalue weighted by Gasteiger charge is -2.24. The minimum Gasteiger partial charge on any atom is -0.376 e. The van der Waals surface area contributed by atoms with Crippen LogP contribution in [0.15, 0.2) is 72.8 Å². The van der Waals surface area contributed by atoms with Gasteiger partial charge in [-0.15, -0.1) is 0 Å². The number of benzene rings is 2. The van der Waals surface area contributed by atoms with Gasteiger partial charge in [-0.2, -0.15) is 0 Å². The highest BCUT2D eigenvalue weighted by Crippen LogP contribution is 2.33. The fourth-order valence-corrected chi connectivity index (χ4v) is 3.45. The zero-order valence-electron chi connectivity index (χ0n) is 15.0. The van der Waals surface area contributed by atoms with Crippen LogP contribution in [0, 0.1) is 17.8 Å². The van der Waals surface area contributed by atoms with Crippen molar-refractivity contribution in [2.75, 3.05) is 13.2 Å². The quantitative estimate of drug-likeness (QED) is 0.470. The molecule has 0 saturated carbocycles. The van der Waals surface area contributed by atoms with Crippen molar-refractivity contribution in [1.29, 1.82) is 0 Å². The molecule has 0 bridgehead atoms. The van der Waals surface area contributed by atoms with Crippen LogP contribution >= 0.6 is 0 Å². The van der Waals surface area contributed by atoms with E-state index in [9.17, 15) is 4.79 Å². The van der Waals surface area contributed by atoms with Gasteiger partial charge in [-0.1, -0.05) is 72.8 Å². The first-order chi connectivity index (χ1) is 12.9. The molecule has 0 heterocycles. The Bertz CT molecular complexity index is 681. The lowest BCUT2D eigenvalue weighted by molar-refractivity contribution is -0.108. The highest BCUT2D eigenvalue weighted by Gasteiger charge is 2.31. The predicted molar refractivity (Wildman–Crippen MR) is 102 cm³/mol. The summed E-state index contributed by atoms with van der Waals surface area (Å²) in [5.41, 5.74) is 2.35. The number of ether oxygens (including phenoxy) is 2. The van der Waals surface area contributed by atoms with E-state index >= 15 is 0 Å². The standard InChI is InChI=1S/C23H26O3/c24-14-13-21-11-12-22(17-25-15-19-7-3-1-4-8-19)23(21)18-26-16-20-9-5-2-6-10-20/h1-12,14,21-23H,13,15-18H2/t21-,22+,23+/m1/s1. The van der Waals surface area contributed by atoms with E-state index in [-0.39, 0.29) is 5.92 Å². The molecule has 1 aliphatic rings. The van der Waals surface area contributed by atoms with Gasteiger partial charge in [0, 0.05) is 12.3 Å². The summed E-state index contributed by atoms with van der Waals surface area (Å²) >= 11 is 0. The van der Waals surface area contributed by atoms with Crippen molar-refractivity contribution in [3.05, 3.63) is 83.9 Å². The van der Waals surface area contributed by atoms with Gasteiger partial charge in [0.25, 0.3) is 0 Å². The summed E-state index contributed by atoms with van der Waals surface area (Å²) in [7, 11) is 0. The van der Waals surface area contributed by atoms with Crippen LogP contribution < -0.4 is 0 Å². The fraction of sp³-hybridized carbons (Fsp3) is 0.348. The molecule has 26 heavy (non-hydrogen) atoms. The molecule has 0 N–H and O–H groups in total. The summed E-state index contributed by atoms with van der Waals surface area (Å²) in [5, 5.41) is 0. The molecule has 1 aliphatic carbocycles. The maximum Gasteiger partial charge on any atom is 0.120 e. The van der Waals surface area contributed by atoms with Crippen LogP contribution in [0.1, 0.15) is 17.5 Å². The summed E-state index contributed by atoms with van der Waals surface area (Å²) in [6.45, 7) is 2.50. The van der Waals surface area contributed by atoms with E-state index in [1.165, 1.54) is 11.1 Å². The molecule has 3 rings (SSSR count). The fourth-order valence-electron chi connectivity index (χ4n) is 3.45. The predicted octanol–water partition coefficient (Wildman–Crippen LogP) is 4.43. The van der Waals surface area contributed by atoms with Gasteiger partial charge in [0.2, 0.25) is 0 Å². The first kappa shape index (κ1) is 18.6. The molecule has 136 valence electrons. The first-order valence-electron chi connectivity index (χ1n) is 9.22. The van der Waals surface area contributed by atoms with E-state index in [4.69, 9.17) is 9.47 Å². The average Bonchev–Trinajstić information content (AvgIpc) is 3.06. The van der Waals surface area contributed by atoms with E-state index in [1.807, 2.05) is 36.4 Å². The van der Waals surface area contributed by atoms with Gasteiger partial charge in [0.15, 0.2) is 0 Å². The molecule has 0 saturated heterocycles. The van der Waals surface area contributed by atoms with Crippen molar-refractivity contribution < 1.29 is 14.3 Å². The van der Waals surface area contributed by atoms with E-state index in [0.29, 0.717) is 44.7 Å². The van der Waals surface area contributed by atoms with Crippen molar-refractivity contribution >= 4 is 6.29 Å². The Labute approximate surface area is 155 Å². The molecule has 3 atom stereocenters. The van der Waals surface area contributed by atoms with Gasteiger partial charge >= 0.3 is 0 Å². The summed E-state index contributed by atoms with van der Waals surface area (Å²) < 4.78 is 11.9. The molecule has 0 radical (unpaired) electrons. The highest BCUT2D eigenvalue weighted by molar-refractivity contribution is 5.50. The Morgan fingerprint density at radius 1 is 0.731 bits per heavy atom. The number of allylic oxidation sites excluding steroid dienone is 1. The normalized spacial score (nSPS) is 21.8. The highest BCUT2D eigenvalue weighted by atomic mass is 16.5. The minimum absolute atomic E-state index is 0.244. The maximum atomic E-state index is 11.0. The third-order valence-electron chi connectivity index (χ3n) is 4.92. The monoisotopic (exact) mass is 350 g/mol. The lowest BCUT2D eigenvalue weighted by atomic mass is 9.87. The second kappa shape index (κ2) is 10.0. The SMILES string of the molecule is O=CC[C@H]1C=C[C@@H](COCc2ccccc2)[C@H]1COCc1ccccc1. The van der Waals surface area contributed by atoms with Gasteiger partial charge in [-0.3, -0.25) is 0 Å². The smallest absolute Gasteiger partial charge is 0.120 e. The topological polar surface area (TPSA) is 35.5 Å². The second-order valence-corrected chi connectivity index (χ2v) is 6.78.